The average Bonchev–Trinajstić information content (AvgIpc) is 2.61. The van der Waals surface area contributed by atoms with Crippen LogP contribution in [-0.4, -0.2) is 43.3 Å². The van der Waals surface area contributed by atoms with E-state index in [4.69, 9.17) is 10.5 Å². The molecule has 0 amide bonds. The first-order valence-electron chi connectivity index (χ1n) is 7.22. The molecule has 3 unspecified atom stereocenters. The summed E-state index contributed by atoms with van der Waals surface area (Å²) in [4.78, 5) is 2.64. The predicted molar refractivity (Wildman–Crippen MR) is 71.0 cm³/mol. The van der Waals surface area contributed by atoms with Gasteiger partial charge in [-0.3, -0.25) is 4.90 Å². The summed E-state index contributed by atoms with van der Waals surface area (Å²) >= 11 is 0. The van der Waals surface area contributed by atoms with E-state index >= 15 is 0 Å². The molecule has 3 nitrogen and oxygen atoms in total. The van der Waals surface area contributed by atoms with E-state index in [0.717, 1.165) is 51.1 Å². The van der Waals surface area contributed by atoms with Crippen molar-refractivity contribution < 1.29 is 4.74 Å². The summed E-state index contributed by atoms with van der Waals surface area (Å²) in [6, 6.07) is 0. The van der Waals surface area contributed by atoms with Crippen molar-refractivity contribution in [2.45, 2.75) is 45.1 Å². The molecule has 0 aromatic rings. The van der Waals surface area contributed by atoms with Crippen molar-refractivity contribution in [3.8, 4) is 0 Å². The van der Waals surface area contributed by atoms with Crippen molar-refractivity contribution in [3.05, 3.63) is 0 Å². The van der Waals surface area contributed by atoms with E-state index < -0.39 is 0 Å². The summed E-state index contributed by atoms with van der Waals surface area (Å²) in [6.07, 6.45) is 5.12. The highest BCUT2D eigenvalue weighted by Crippen LogP contribution is 2.40. The Morgan fingerprint density at radius 3 is 2.82 bits per heavy atom. The second-order valence-corrected chi connectivity index (χ2v) is 6.05. The van der Waals surface area contributed by atoms with Crippen LogP contribution in [0.2, 0.25) is 0 Å². The van der Waals surface area contributed by atoms with E-state index in [2.05, 4.69) is 18.7 Å². The van der Waals surface area contributed by atoms with E-state index in [1.807, 2.05) is 0 Å². The quantitative estimate of drug-likeness (QED) is 0.801. The first-order chi connectivity index (χ1) is 8.19. The molecule has 0 aromatic carbocycles. The molecular weight excluding hydrogens is 212 g/mol. The Hall–Kier alpha value is -0.120. The molecule has 1 aliphatic carbocycles. The Labute approximate surface area is 106 Å². The molecule has 3 atom stereocenters. The van der Waals surface area contributed by atoms with Crippen molar-refractivity contribution in [2.75, 3.05) is 32.8 Å². The maximum absolute atomic E-state index is 6.19. The predicted octanol–water partition coefficient (Wildman–Crippen LogP) is 1.86. The highest BCUT2D eigenvalue weighted by molar-refractivity contribution is 5.00. The van der Waals surface area contributed by atoms with Crippen LogP contribution in [0.5, 0.6) is 0 Å². The van der Waals surface area contributed by atoms with Gasteiger partial charge in [-0.1, -0.05) is 20.3 Å². The fourth-order valence-electron chi connectivity index (χ4n) is 3.76. The summed E-state index contributed by atoms with van der Waals surface area (Å²) in [6.45, 7) is 9.60. The molecule has 17 heavy (non-hydrogen) atoms. The topological polar surface area (TPSA) is 38.5 Å². The van der Waals surface area contributed by atoms with Crippen molar-refractivity contribution in [1.82, 2.24) is 4.90 Å². The molecule has 0 bridgehead atoms. The van der Waals surface area contributed by atoms with Gasteiger partial charge in [0, 0.05) is 31.8 Å². The normalized spacial score (nSPS) is 41.1. The minimum atomic E-state index is 0.241. The van der Waals surface area contributed by atoms with Gasteiger partial charge in [0.25, 0.3) is 0 Å². The van der Waals surface area contributed by atoms with Gasteiger partial charge in [-0.2, -0.15) is 0 Å². The van der Waals surface area contributed by atoms with Crippen LogP contribution < -0.4 is 5.73 Å². The number of nitrogens with two attached hydrogens (primary N) is 1. The molecule has 2 rings (SSSR count). The molecule has 2 aliphatic rings. The van der Waals surface area contributed by atoms with Gasteiger partial charge in [0.2, 0.25) is 0 Å². The molecule has 3 heteroatoms. The van der Waals surface area contributed by atoms with Crippen LogP contribution in [0, 0.1) is 11.8 Å². The Morgan fingerprint density at radius 1 is 1.24 bits per heavy atom. The van der Waals surface area contributed by atoms with E-state index in [1.165, 1.54) is 19.3 Å². The summed E-state index contributed by atoms with van der Waals surface area (Å²) in [7, 11) is 0. The first kappa shape index (κ1) is 13.3. The summed E-state index contributed by atoms with van der Waals surface area (Å²) < 4.78 is 5.58. The van der Waals surface area contributed by atoms with Crippen LogP contribution in [0.15, 0.2) is 0 Å². The van der Waals surface area contributed by atoms with Crippen LogP contribution in [-0.2, 0) is 4.74 Å². The molecule has 1 aliphatic heterocycles. The SMILES string of the molecule is CC1CCC(C)C(CN)(N2CCCOCC2)C1. The number of rotatable bonds is 2. The van der Waals surface area contributed by atoms with E-state index in [0.29, 0.717) is 0 Å². The van der Waals surface area contributed by atoms with Gasteiger partial charge in [-0.05, 0) is 31.1 Å². The van der Waals surface area contributed by atoms with Gasteiger partial charge in [-0.15, -0.1) is 0 Å². The maximum Gasteiger partial charge on any atom is 0.0593 e. The summed E-state index contributed by atoms with van der Waals surface area (Å²) in [5, 5.41) is 0. The second kappa shape index (κ2) is 5.68. The molecule has 0 spiro atoms. The highest BCUT2D eigenvalue weighted by atomic mass is 16.5. The minimum Gasteiger partial charge on any atom is -0.380 e. The smallest absolute Gasteiger partial charge is 0.0593 e. The van der Waals surface area contributed by atoms with E-state index in [-0.39, 0.29) is 5.54 Å². The zero-order valence-electron chi connectivity index (χ0n) is 11.5. The fourth-order valence-corrected chi connectivity index (χ4v) is 3.76. The van der Waals surface area contributed by atoms with Crippen LogP contribution in [0.1, 0.15) is 39.5 Å². The highest BCUT2D eigenvalue weighted by Gasteiger charge is 2.43. The van der Waals surface area contributed by atoms with Crippen molar-refractivity contribution in [2.24, 2.45) is 17.6 Å². The number of ether oxygens (including phenoxy) is 1. The first-order valence-corrected chi connectivity index (χ1v) is 7.22. The summed E-state index contributed by atoms with van der Waals surface area (Å²) in [5.74, 6) is 1.54. The second-order valence-electron chi connectivity index (χ2n) is 6.05. The largest absolute Gasteiger partial charge is 0.380 e. The standard InChI is InChI=1S/C14H28N2O/c1-12-4-5-13(2)14(10-12,11-15)16-6-3-8-17-9-7-16/h12-13H,3-11,15H2,1-2H3. The van der Waals surface area contributed by atoms with Gasteiger partial charge in [0.15, 0.2) is 0 Å². The number of hydrogen-bond donors (Lipinski definition) is 1. The lowest BCUT2D eigenvalue weighted by Crippen LogP contribution is -2.61. The van der Waals surface area contributed by atoms with E-state index in [1.54, 1.807) is 0 Å². The monoisotopic (exact) mass is 240 g/mol. The van der Waals surface area contributed by atoms with Gasteiger partial charge < -0.3 is 10.5 Å². The molecule has 0 radical (unpaired) electrons. The molecule has 2 N–H and O–H groups in total. The molecule has 0 aromatic heterocycles. The summed E-state index contributed by atoms with van der Waals surface area (Å²) in [5.41, 5.74) is 6.43. The Balaban J connectivity index is 2.14. The van der Waals surface area contributed by atoms with Crippen molar-refractivity contribution in [3.63, 3.8) is 0 Å². The third-order valence-corrected chi connectivity index (χ3v) is 4.92. The Kier molecular flexibility index (Phi) is 4.45. The Morgan fingerprint density at radius 2 is 2.06 bits per heavy atom. The average molecular weight is 240 g/mol. The lowest BCUT2D eigenvalue weighted by molar-refractivity contribution is -0.00494. The zero-order chi connectivity index (χ0) is 12.3. The van der Waals surface area contributed by atoms with Crippen LogP contribution in [0.4, 0.5) is 0 Å². The maximum atomic E-state index is 6.19. The fraction of sp³-hybridized carbons (Fsp3) is 1.00. The van der Waals surface area contributed by atoms with Crippen LogP contribution >= 0.6 is 0 Å². The third-order valence-electron chi connectivity index (χ3n) is 4.92. The van der Waals surface area contributed by atoms with Gasteiger partial charge >= 0.3 is 0 Å². The Bertz CT molecular complexity index is 238. The minimum absolute atomic E-state index is 0.241. The lowest BCUT2D eigenvalue weighted by Gasteiger charge is -2.51. The van der Waals surface area contributed by atoms with E-state index in [9.17, 15) is 0 Å². The van der Waals surface area contributed by atoms with Crippen LogP contribution in [0.3, 0.4) is 0 Å². The number of hydrogen-bond acceptors (Lipinski definition) is 3. The van der Waals surface area contributed by atoms with Gasteiger partial charge in [0.1, 0.15) is 0 Å². The third kappa shape index (κ3) is 2.67. The molecule has 2 fully saturated rings. The molecule has 1 saturated carbocycles. The molecule has 1 saturated heterocycles. The van der Waals surface area contributed by atoms with Gasteiger partial charge in [0.05, 0.1) is 6.61 Å². The molecular formula is C14H28N2O. The van der Waals surface area contributed by atoms with Crippen molar-refractivity contribution in [1.29, 1.82) is 0 Å². The van der Waals surface area contributed by atoms with Crippen LogP contribution in [0.25, 0.3) is 0 Å². The van der Waals surface area contributed by atoms with Crippen molar-refractivity contribution >= 4 is 0 Å². The zero-order valence-corrected chi connectivity index (χ0v) is 11.5. The molecule has 1 heterocycles. The lowest BCUT2D eigenvalue weighted by atomic mass is 9.68. The van der Waals surface area contributed by atoms with Gasteiger partial charge in [-0.25, -0.2) is 0 Å². The molecule has 100 valence electrons. The number of nitrogens with zero attached hydrogens (tertiary/aromatic N) is 1.